The monoisotopic (exact) mass is 344 g/mol. The van der Waals surface area contributed by atoms with Crippen LogP contribution in [0.5, 0.6) is 0 Å². The van der Waals surface area contributed by atoms with E-state index < -0.39 is 0 Å². The van der Waals surface area contributed by atoms with E-state index in [1.54, 1.807) is 6.07 Å². The van der Waals surface area contributed by atoms with Crippen LogP contribution < -0.4 is 4.90 Å². The molecule has 1 aliphatic rings. The van der Waals surface area contributed by atoms with Gasteiger partial charge < -0.3 is 4.90 Å². The Hall–Kier alpha value is -0.510. The third-order valence-corrected chi connectivity index (χ3v) is 4.69. The predicted molar refractivity (Wildman–Crippen MR) is 80.9 cm³/mol. The third-order valence-electron chi connectivity index (χ3n) is 3.24. The predicted octanol–water partition coefficient (Wildman–Crippen LogP) is 4.90. The first-order valence-corrected chi connectivity index (χ1v) is 7.41. The molecule has 0 saturated carbocycles. The van der Waals surface area contributed by atoms with Crippen molar-refractivity contribution in [3.63, 3.8) is 0 Å². The van der Waals surface area contributed by atoms with Gasteiger partial charge in [-0.05, 0) is 40.9 Å². The number of pyridine rings is 1. The Morgan fingerprint density at radius 2 is 1.89 bits per heavy atom. The van der Waals surface area contributed by atoms with Gasteiger partial charge in [0.15, 0.2) is 0 Å². The summed E-state index contributed by atoms with van der Waals surface area (Å²) in [7, 11) is 0. The van der Waals surface area contributed by atoms with Crippen LogP contribution in [-0.4, -0.2) is 18.1 Å². The second-order valence-electron chi connectivity index (χ2n) is 4.41. The smallest absolute Gasteiger partial charge is 0.130 e. The Kier molecular flexibility index (Phi) is 3.39. The zero-order valence-electron chi connectivity index (χ0n) is 9.59. The summed E-state index contributed by atoms with van der Waals surface area (Å²) in [5.41, 5.74) is 0.764. The number of nitrogens with zero attached hydrogens (tertiary/aromatic N) is 2. The van der Waals surface area contributed by atoms with Gasteiger partial charge in [-0.1, -0.05) is 29.3 Å². The zero-order chi connectivity index (χ0) is 12.7. The highest BCUT2D eigenvalue weighted by Gasteiger charge is 2.16. The molecule has 0 spiro atoms. The zero-order valence-corrected chi connectivity index (χ0v) is 12.7. The molecule has 1 aromatic heterocycles. The van der Waals surface area contributed by atoms with Gasteiger partial charge in [-0.2, -0.15) is 0 Å². The summed E-state index contributed by atoms with van der Waals surface area (Å²) in [6.07, 6.45) is 2.45. The number of rotatable bonds is 1. The average molecular weight is 346 g/mol. The minimum atomic E-state index is 0.524. The van der Waals surface area contributed by atoms with Crippen LogP contribution in [0.25, 0.3) is 10.9 Å². The third kappa shape index (κ3) is 2.09. The molecule has 0 bridgehead atoms. The van der Waals surface area contributed by atoms with E-state index >= 15 is 0 Å². The van der Waals surface area contributed by atoms with Crippen LogP contribution in [0.1, 0.15) is 12.8 Å². The van der Waals surface area contributed by atoms with Crippen molar-refractivity contribution >= 4 is 55.9 Å². The van der Waals surface area contributed by atoms with E-state index in [0.29, 0.717) is 10.0 Å². The van der Waals surface area contributed by atoms with Crippen LogP contribution in [0.2, 0.25) is 10.0 Å². The fraction of sp³-hybridized carbons (Fsp3) is 0.308. The standard InChI is InChI=1S/C13H11BrCl2N2/c14-9-7-11(18-5-1-2-6-18)17-13-8(9)3-4-10(15)12(13)16/h3-4,7H,1-2,5-6H2. The van der Waals surface area contributed by atoms with E-state index in [-0.39, 0.29) is 0 Å². The molecule has 1 aliphatic heterocycles. The number of fused-ring (bicyclic) bond motifs is 1. The van der Waals surface area contributed by atoms with E-state index in [1.165, 1.54) is 12.8 Å². The topological polar surface area (TPSA) is 16.1 Å². The summed E-state index contributed by atoms with van der Waals surface area (Å²) >= 11 is 15.9. The summed E-state index contributed by atoms with van der Waals surface area (Å²) in [4.78, 5) is 6.94. The van der Waals surface area contributed by atoms with E-state index in [1.807, 2.05) is 6.07 Å². The molecule has 5 heteroatoms. The summed E-state index contributed by atoms with van der Waals surface area (Å²) in [6, 6.07) is 5.79. The van der Waals surface area contributed by atoms with Crippen molar-refractivity contribution in [3.05, 3.63) is 32.7 Å². The van der Waals surface area contributed by atoms with Gasteiger partial charge >= 0.3 is 0 Å². The Bertz CT molecular complexity index is 609. The lowest BCUT2D eigenvalue weighted by Crippen LogP contribution is -2.18. The number of aromatic nitrogens is 1. The molecule has 18 heavy (non-hydrogen) atoms. The summed E-state index contributed by atoms with van der Waals surface area (Å²) in [6.45, 7) is 2.12. The molecule has 0 atom stereocenters. The fourth-order valence-electron chi connectivity index (χ4n) is 2.29. The van der Waals surface area contributed by atoms with E-state index in [4.69, 9.17) is 23.2 Å². The van der Waals surface area contributed by atoms with Gasteiger partial charge in [0.05, 0.1) is 15.6 Å². The van der Waals surface area contributed by atoms with Gasteiger partial charge in [-0.25, -0.2) is 4.98 Å². The molecule has 0 amide bonds. The first-order valence-electron chi connectivity index (χ1n) is 5.86. The van der Waals surface area contributed by atoms with E-state index in [9.17, 15) is 0 Å². The van der Waals surface area contributed by atoms with Crippen LogP contribution in [0.3, 0.4) is 0 Å². The maximum absolute atomic E-state index is 6.24. The van der Waals surface area contributed by atoms with Gasteiger partial charge in [-0.3, -0.25) is 0 Å². The van der Waals surface area contributed by atoms with Crippen molar-refractivity contribution in [1.29, 1.82) is 0 Å². The molecule has 2 heterocycles. The second-order valence-corrected chi connectivity index (χ2v) is 6.05. The fourth-order valence-corrected chi connectivity index (χ4v) is 3.17. The van der Waals surface area contributed by atoms with Gasteiger partial charge in [0.2, 0.25) is 0 Å². The van der Waals surface area contributed by atoms with E-state index in [0.717, 1.165) is 34.3 Å². The number of benzene rings is 1. The maximum Gasteiger partial charge on any atom is 0.130 e. The molecule has 3 rings (SSSR count). The molecule has 0 N–H and O–H groups in total. The van der Waals surface area contributed by atoms with Crippen molar-refractivity contribution in [1.82, 2.24) is 4.98 Å². The lowest BCUT2D eigenvalue weighted by Gasteiger charge is -2.18. The number of hydrogen-bond acceptors (Lipinski definition) is 2. The minimum Gasteiger partial charge on any atom is -0.357 e. The molecule has 1 aromatic carbocycles. The SMILES string of the molecule is Clc1ccc2c(Br)cc(N3CCCC3)nc2c1Cl. The molecule has 0 unspecified atom stereocenters. The molecular formula is C13H11BrCl2N2. The Morgan fingerprint density at radius 1 is 1.17 bits per heavy atom. The highest BCUT2D eigenvalue weighted by atomic mass is 79.9. The largest absolute Gasteiger partial charge is 0.357 e. The molecule has 2 nitrogen and oxygen atoms in total. The minimum absolute atomic E-state index is 0.524. The highest BCUT2D eigenvalue weighted by Crippen LogP contribution is 2.35. The van der Waals surface area contributed by atoms with E-state index in [2.05, 4.69) is 31.9 Å². The van der Waals surface area contributed by atoms with Crippen molar-refractivity contribution in [3.8, 4) is 0 Å². The molecule has 1 saturated heterocycles. The molecular weight excluding hydrogens is 335 g/mol. The lowest BCUT2D eigenvalue weighted by molar-refractivity contribution is 0.943. The molecule has 0 radical (unpaired) electrons. The second kappa shape index (κ2) is 4.87. The molecule has 1 fully saturated rings. The van der Waals surface area contributed by atoms with Crippen LogP contribution in [0, 0.1) is 0 Å². The maximum atomic E-state index is 6.24. The Morgan fingerprint density at radius 3 is 2.61 bits per heavy atom. The number of hydrogen-bond donors (Lipinski definition) is 0. The molecule has 0 aliphatic carbocycles. The summed E-state index contributed by atoms with van der Waals surface area (Å²) in [5.74, 6) is 0.969. The quantitative estimate of drug-likeness (QED) is 0.730. The van der Waals surface area contributed by atoms with Crippen LogP contribution >= 0.6 is 39.1 Å². The van der Waals surface area contributed by atoms with Crippen molar-refractivity contribution in [2.24, 2.45) is 0 Å². The Labute approximate surface area is 124 Å². The molecule has 2 aromatic rings. The number of anilines is 1. The van der Waals surface area contributed by atoms with Crippen LogP contribution in [0.4, 0.5) is 5.82 Å². The van der Waals surface area contributed by atoms with Crippen molar-refractivity contribution in [2.75, 3.05) is 18.0 Å². The van der Waals surface area contributed by atoms with Gasteiger partial charge in [0.1, 0.15) is 5.82 Å². The highest BCUT2D eigenvalue weighted by molar-refractivity contribution is 9.10. The Balaban J connectivity index is 2.21. The first-order chi connectivity index (χ1) is 8.66. The van der Waals surface area contributed by atoms with Crippen LogP contribution in [-0.2, 0) is 0 Å². The summed E-state index contributed by atoms with van der Waals surface area (Å²) < 4.78 is 1.01. The molecule has 94 valence electrons. The van der Waals surface area contributed by atoms with Crippen molar-refractivity contribution < 1.29 is 0 Å². The first kappa shape index (κ1) is 12.5. The van der Waals surface area contributed by atoms with Gasteiger partial charge in [-0.15, -0.1) is 0 Å². The normalized spacial score (nSPS) is 15.6. The lowest BCUT2D eigenvalue weighted by atomic mass is 10.2. The van der Waals surface area contributed by atoms with Crippen molar-refractivity contribution in [2.45, 2.75) is 12.8 Å². The number of halogens is 3. The average Bonchev–Trinajstić information content (AvgIpc) is 2.88. The van der Waals surface area contributed by atoms with Crippen LogP contribution in [0.15, 0.2) is 22.7 Å². The van der Waals surface area contributed by atoms with Gasteiger partial charge in [0, 0.05) is 22.9 Å². The summed E-state index contributed by atoms with van der Waals surface area (Å²) in [5, 5.41) is 2.06. The van der Waals surface area contributed by atoms with Gasteiger partial charge in [0.25, 0.3) is 0 Å².